The molecule has 0 unspecified atom stereocenters. The molecule has 0 spiro atoms. The summed E-state index contributed by atoms with van der Waals surface area (Å²) in [6, 6.07) is 7.74. The van der Waals surface area contributed by atoms with Crippen molar-refractivity contribution in [2.24, 2.45) is 0 Å². The summed E-state index contributed by atoms with van der Waals surface area (Å²) in [6.45, 7) is 5.25. The Morgan fingerprint density at radius 1 is 1.50 bits per heavy atom. The van der Waals surface area contributed by atoms with Crippen LogP contribution in [0.1, 0.15) is 32.3 Å². The van der Waals surface area contributed by atoms with Crippen LogP contribution in [-0.2, 0) is 16.1 Å². The van der Waals surface area contributed by atoms with Gasteiger partial charge >= 0.3 is 0 Å². The van der Waals surface area contributed by atoms with Gasteiger partial charge in [-0.15, -0.1) is 11.8 Å². The van der Waals surface area contributed by atoms with Crippen LogP contribution < -0.4 is 4.74 Å². The summed E-state index contributed by atoms with van der Waals surface area (Å²) in [7, 11) is 1.64. The molecule has 4 nitrogen and oxygen atoms in total. The molecular formula is C17H25NO3S. The van der Waals surface area contributed by atoms with Gasteiger partial charge in [-0.2, -0.15) is 0 Å². The van der Waals surface area contributed by atoms with E-state index < -0.39 is 6.10 Å². The Balaban J connectivity index is 1.88. The van der Waals surface area contributed by atoms with Crippen molar-refractivity contribution in [2.45, 2.75) is 44.8 Å². The number of hydrogen-bond donors (Lipinski definition) is 0. The Labute approximate surface area is 137 Å². The summed E-state index contributed by atoms with van der Waals surface area (Å²) in [4.78, 5) is 14.5. The number of benzene rings is 1. The lowest BCUT2D eigenvalue weighted by Gasteiger charge is -2.26. The molecule has 1 fully saturated rings. The van der Waals surface area contributed by atoms with Gasteiger partial charge in [-0.05, 0) is 31.0 Å². The Bertz CT molecular complexity index is 495. The minimum atomic E-state index is -0.413. The molecule has 1 saturated heterocycles. The van der Waals surface area contributed by atoms with Gasteiger partial charge in [-0.3, -0.25) is 4.79 Å². The summed E-state index contributed by atoms with van der Waals surface area (Å²) in [5.41, 5.74) is 1.01. The van der Waals surface area contributed by atoms with Gasteiger partial charge in [0, 0.05) is 12.3 Å². The van der Waals surface area contributed by atoms with Gasteiger partial charge in [0.05, 0.1) is 19.1 Å². The van der Waals surface area contributed by atoms with Crippen LogP contribution in [0.25, 0.3) is 0 Å². The van der Waals surface area contributed by atoms with Crippen LogP contribution in [0.4, 0.5) is 0 Å². The summed E-state index contributed by atoms with van der Waals surface area (Å²) in [6.07, 6.45) is 1.74. The third-order valence-corrected chi connectivity index (χ3v) is 5.08. The predicted octanol–water partition coefficient (Wildman–Crippen LogP) is 3.30. The second-order valence-electron chi connectivity index (χ2n) is 5.45. The van der Waals surface area contributed by atoms with Crippen LogP contribution >= 0.6 is 11.8 Å². The molecule has 5 heteroatoms. The first kappa shape index (κ1) is 17.2. The third kappa shape index (κ3) is 4.40. The van der Waals surface area contributed by atoms with Crippen LogP contribution in [0.5, 0.6) is 5.75 Å². The molecule has 0 radical (unpaired) electrons. The van der Waals surface area contributed by atoms with Crippen molar-refractivity contribution in [2.75, 3.05) is 19.4 Å². The molecule has 2 rings (SSSR count). The van der Waals surface area contributed by atoms with Gasteiger partial charge in [0.1, 0.15) is 11.9 Å². The Kier molecular flexibility index (Phi) is 6.58. The zero-order valence-corrected chi connectivity index (χ0v) is 14.4. The van der Waals surface area contributed by atoms with E-state index in [1.807, 2.05) is 47.9 Å². The van der Waals surface area contributed by atoms with E-state index in [1.165, 1.54) is 0 Å². The summed E-state index contributed by atoms with van der Waals surface area (Å²) < 4.78 is 11.0. The molecule has 0 bridgehead atoms. The minimum absolute atomic E-state index is 0.103. The first-order chi connectivity index (χ1) is 10.7. The number of amides is 1. The van der Waals surface area contributed by atoms with Crippen molar-refractivity contribution in [3.05, 3.63) is 29.8 Å². The molecule has 1 aromatic rings. The van der Waals surface area contributed by atoms with E-state index in [4.69, 9.17) is 9.47 Å². The number of hydrogen-bond acceptors (Lipinski definition) is 4. The van der Waals surface area contributed by atoms with Gasteiger partial charge in [0.25, 0.3) is 5.91 Å². The second-order valence-corrected chi connectivity index (χ2v) is 6.74. The molecule has 0 saturated carbocycles. The molecule has 2 atom stereocenters. The number of thioether (sulfide) groups is 1. The smallest absolute Gasteiger partial charge is 0.252 e. The highest BCUT2D eigenvalue weighted by molar-refractivity contribution is 8.00. The van der Waals surface area contributed by atoms with E-state index in [9.17, 15) is 4.79 Å². The number of methoxy groups -OCH3 is 1. The third-order valence-electron chi connectivity index (χ3n) is 3.79. The first-order valence-electron chi connectivity index (χ1n) is 7.82. The van der Waals surface area contributed by atoms with Crippen molar-refractivity contribution in [1.82, 2.24) is 4.90 Å². The van der Waals surface area contributed by atoms with Gasteiger partial charge in [-0.1, -0.05) is 25.5 Å². The molecule has 1 aliphatic rings. The van der Waals surface area contributed by atoms with Crippen LogP contribution in [0.2, 0.25) is 0 Å². The van der Waals surface area contributed by atoms with Crippen molar-refractivity contribution in [3.8, 4) is 5.75 Å². The maximum atomic E-state index is 12.5. The van der Waals surface area contributed by atoms with Crippen molar-refractivity contribution < 1.29 is 14.3 Å². The summed E-state index contributed by atoms with van der Waals surface area (Å²) in [5, 5.41) is 0.320. The molecule has 1 aromatic carbocycles. The topological polar surface area (TPSA) is 38.8 Å². The molecule has 1 amide bonds. The van der Waals surface area contributed by atoms with E-state index in [0.717, 1.165) is 36.5 Å². The van der Waals surface area contributed by atoms with E-state index in [2.05, 4.69) is 6.92 Å². The van der Waals surface area contributed by atoms with Crippen molar-refractivity contribution in [1.29, 1.82) is 0 Å². The quantitative estimate of drug-likeness (QED) is 0.772. The fourth-order valence-corrected chi connectivity index (χ4v) is 3.91. The molecule has 1 aliphatic heterocycles. The molecule has 22 heavy (non-hydrogen) atoms. The van der Waals surface area contributed by atoms with E-state index in [1.54, 1.807) is 7.11 Å². The lowest BCUT2D eigenvalue weighted by atomic mass is 10.2. The molecular weight excluding hydrogens is 298 g/mol. The van der Waals surface area contributed by atoms with Crippen LogP contribution in [-0.4, -0.2) is 41.7 Å². The zero-order chi connectivity index (χ0) is 15.9. The van der Waals surface area contributed by atoms with Gasteiger partial charge < -0.3 is 14.4 Å². The van der Waals surface area contributed by atoms with E-state index in [-0.39, 0.29) is 5.91 Å². The lowest BCUT2D eigenvalue weighted by Crippen LogP contribution is -2.41. The monoisotopic (exact) mass is 323 g/mol. The fraction of sp³-hybridized carbons (Fsp3) is 0.588. The highest BCUT2D eigenvalue weighted by atomic mass is 32.2. The number of carbonyl (C=O) groups is 1. The summed E-state index contributed by atoms with van der Waals surface area (Å²) >= 11 is 1.87. The lowest BCUT2D eigenvalue weighted by molar-refractivity contribution is -0.143. The molecule has 0 aliphatic carbocycles. The SMILES string of the molecule is CCC[C@H]1SCCN1C(=O)[C@@H](C)OCc1cccc(OC)c1. The standard InChI is InChI=1S/C17H25NO3S/c1-4-6-16-18(9-10-22-16)17(19)13(2)21-12-14-7-5-8-15(11-14)20-3/h5,7-8,11,13,16H,4,6,9-10,12H2,1-3H3/t13-,16-/m1/s1. The van der Waals surface area contributed by atoms with Crippen molar-refractivity contribution >= 4 is 17.7 Å². The number of rotatable bonds is 7. The van der Waals surface area contributed by atoms with Crippen molar-refractivity contribution in [3.63, 3.8) is 0 Å². The maximum absolute atomic E-state index is 12.5. The highest BCUT2D eigenvalue weighted by Crippen LogP contribution is 2.28. The molecule has 0 N–H and O–H groups in total. The van der Waals surface area contributed by atoms with Gasteiger partial charge in [0.15, 0.2) is 0 Å². The Morgan fingerprint density at radius 2 is 2.32 bits per heavy atom. The van der Waals surface area contributed by atoms with Crippen LogP contribution in [0.3, 0.4) is 0 Å². The Morgan fingerprint density at radius 3 is 3.05 bits per heavy atom. The minimum Gasteiger partial charge on any atom is -0.497 e. The fourth-order valence-electron chi connectivity index (χ4n) is 2.55. The van der Waals surface area contributed by atoms with Gasteiger partial charge in [0.2, 0.25) is 0 Å². The molecule has 1 heterocycles. The van der Waals surface area contributed by atoms with Gasteiger partial charge in [-0.25, -0.2) is 0 Å². The first-order valence-corrected chi connectivity index (χ1v) is 8.87. The average Bonchev–Trinajstić information content (AvgIpc) is 3.00. The number of ether oxygens (including phenoxy) is 2. The normalized spacial score (nSPS) is 19.2. The van der Waals surface area contributed by atoms with Crippen LogP contribution in [0.15, 0.2) is 24.3 Å². The molecule has 122 valence electrons. The van der Waals surface area contributed by atoms with Crippen LogP contribution in [0, 0.1) is 0 Å². The van der Waals surface area contributed by atoms with E-state index in [0.29, 0.717) is 12.0 Å². The number of nitrogens with zero attached hydrogens (tertiary/aromatic N) is 1. The Hall–Kier alpha value is -1.20. The number of carbonyl (C=O) groups excluding carboxylic acids is 1. The average molecular weight is 323 g/mol. The highest BCUT2D eigenvalue weighted by Gasteiger charge is 2.31. The second kappa shape index (κ2) is 8.44. The summed E-state index contributed by atoms with van der Waals surface area (Å²) in [5.74, 6) is 1.93. The predicted molar refractivity (Wildman–Crippen MR) is 90.1 cm³/mol. The van der Waals surface area contributed by atoms with E-state index >= 15 is 0 Å². The maximum Gasteiger partial charge on any atom is 0.252 e. The largest absolute Gasteiger partial charge is 0.497 e. The zero-order valence-electron chi connectivity index (χ0n) is 13.6. The molecule has 0 aromatic heterocycles.